The van der Waals surface area contributed by atoms with Gasteiger partial charge in [-0.25, -0.2) is 9.97 Å². The van der Waals surface area contributed by atoms with Crippen molar-refractivity contribution in [2.45, 2.75) is 10.9 Å². The van der Waals surface area contributed by atoms with E-state index in [0.717, 1.165) is 25.6 Å². The number of hydrogen-bond donors (Lipinski definition) is 1. The van der Waals surface area contributed by atoms with Crippen LogP contribution in [0.1, 0.15) is 4.88 Å². The van der Waals surface area contributed by atoms with E-state index >= 15 is 0 Å². The van der Waals surface area contributed by atoms with E-state index < -0.39 is 0 Å². The van der Waals surface area contributed by atoms with Crippen molar-refractivity contribution in [3.8, 4) is 0 Å². The number of fused-ring (bicyclic) bond motifs is 1. The Hall–Kier alpha value is -0.630. The quantitative estimate of drug-likeness (QED) is 0.557. The lowest BCUT2D eigenvalue weighted by atomic mass is 10.4. The number of nitrogens with zero attached hydrogens (tertiary/aromatic N) is 2. The summed E-state index contributed by atoms with van der Waals surface area (Å²) in [5, 5.41) is 5.74. The van der Waals surface area contributed by atoms with Gasteiger partial charge >= 0.3 is 0 Å². The van der Waals surface area contributed by atoms with Gasteiger partial charge in [-0.1, -0.05) is 11.8 Å². The number of thioether (sulfide) groups is 1. The molecule has 7 heteroatoms. The van der Waals surface area contributed by atoms with Crippen molar-refractivity contribution in [1.82, 2.24) is 9.97 Å². The molecular weight excluding hydrogens is 350 g/mol. The van der Waals surface area contributed by atoms with E-state index in [1.54, 1.807) is 34.4 Å². The molecule has 0 aliphatic heterocycles. The molecule has 0 aliphatic rings. The predicted molar refractivity (Wildman–Crippen MR) is 83.4 cm³/mol. The van der Waals surface area contributed by atoms with E-state index in [0.29, 0.717) is 5.82 Å². The Kier molecular flexibility index (Phi) is 3.56. The van der Waals surface area contributed by atoms with Crippen LogP contribution in [0.2, 0.25) is 0 Å². The molecule has 0 aliphatic carbocycles. The molecule has 3 aromatic rings. The highest BCUT2D eigenvalue weighted by Gasteiger charge is 2.08. The summed E-state index contributed by atoms with van der Waals surface area (Å²) in [6.07, 6.45) is 0. The zero-order chi connectivity index (χ0) is 12.5. The van der Waals surface area contributed by atoms with Crippen LogP contribution in [0.4, 0.5) is 5.82 Å². The average molecular weight is 358 g/mol. The van der Waals surface area contributed by atoms with Crippen LogP contribution in [0.5, 0.6) is 0 Å². The van der Waals surface area contributed by atoms with Gasteiger partial charge in [0.1, 0.15) is 10.6 Å². The summed E-state index contributed by atoms with van der Waals surface area (Å²) in [4.78, 5) is 11.1. The monoisotopic (exact) mass is 357 g/mol. The Morgan fingerprint density at radius 1 is 1.22 bits per heavy atom. The molecule has 0 bridgehead atoms. The Balaban J connectivity index is 1.84. The number of nitrogens with two attached hydrogens (primary N) is 1. The van der Waals surface area contributed by atoms with E-state index in [-0.39, 0.29) is 0 Å². The van der Waals surface area contributed by atoms with Crippen molar-refractivity contribution < 1.29 is 0 Å². The fraction of sp³-hybridized carbons (Fsp3) is 0.0909. The molecule has 2 N–H and O–H groups in total. The van der Waals surface area contributed by atoms with Crippen molar-refractivity contribution in [2.75, 3.05) is 5.73 Å². The first-order valence-electron chi connectivity index (χ1n) is 5.09. The number of thiophene rings is 2. The maximum atomic E-state index is 5.92. The molecule has 0 atom stereocenters. The second kappa shape index (κ2) is 5.16. The standard InChI is InChI=1S/C11H8BrN3S3/c12-7-2-4-16-8(7)5-18-11-14-9(13)6-1-3-17-10(6)15-11/h1-4H,5H2,(H2,13,14,15). The molecule has 0 saturated heterocycles. The van der Waals surface area contributed by atoms with E-state index in [2.05, 4.69) is 37.3 Å². The molecule has 3 nitrogen and oxygen atoms in total. The van der Waals surface area contributed by atoms with Crippen molar-refractivity contribution in [3.63, 3.8) is 0 Å². The lowest BCUT2D eigenvalue weighted by molar-refractivity contribution is 1.02. The Morgan fingerprint density at radius 2 is 2.06 bits per heavy atom. The molecule has 18 heavy (non-hydrogen) atoms. The summed E-state index contributed by atoms with van der Waals surface area (Å²) < 4.78 is 1.14. The van der Waals surface area contributed by atoms with Crippen LogP contribution >= 0.6 is 50.4 Å². The minimum atomic E-state index is 0.564. The highest BCUT2D eigenvalue weighted by molar-refractivity contribution is 9.10. The first-order valence-corrected chi connectivity index (χ1v) is 8.63. The number of anilines is 1. The average Bonchev–Trinajstić information content (AvgIpc) is 2.95. The second-order valence-corrected chi connectivity index (χ2v) is 7.20. The van der Waals surface area contributed by atoms with Gasteiger partial charge in [0, 0.05) is 15.1 Å². The van der Waals surface area contributed by atoms with Gasteiger partial charge in [-0.3, -0.25) is 0 Å². The van der Waals surface area contributed by atoms with E-state index in [1.807, 2.05) is 11.4 Å². The van der Waals surface area contributed by atoms with Gasteiger partial charge < -0.3 is 5.73 Å². The Morgan fingerprint density at radius 3 is 2.83 bits per heavy atom. The molecular formula is C11H8BrN3S3. The van der Waals surface area contributed by atoms with Crippen LogP contribution in [0, 0.1) is 0 Å². The molecule has 0 unspecified atom stereocenters. The summed E-state index contributed by atoms with van der Waals surface area (Å²) >= 11 is 8.45. The third-order valence-corrected chi connectivity index (χ3v) is 6.15. The third kappa shape index (κ3) is 2.40. The fourth-order valence-electron chi connectivity index (χ4n) is 1.48. The second-order valence-electron chi connectivity index (χ2n) is 3.51. The maximum absolute atomic E-state index is 5.92. The Labute approximate surface area is 125 Å². The zero-order valence-electron chi connectivity index (χ0n) is 9.09. The fourth-order valence-corrected chi connectivity index (χ4v) is 4.96. The van der Waals surface area contributed by atoms with Crippen molar-refractivity contribution in [1.29, 1.82) is 0 Å². The number of aromatic nitrogens is 2. The van der Waals surface area contributed by atoms with Crippen LogP contribution in [0.25, 0.3) is 10.2 Å². The topological polar surface area (TPSA) is 51.8 Å². The number of hydrogen-bond acceptors (Lipinski definition) is 6. The minimum Gasteiger partial charge on any atom is -0.383 e. The largest absolute Gasteiger partial charge is 0.383 e. The summed E-state index contributed by atoms with van der Waals surface area (Å²) in [6, 6.07) is 4.01. The maximum Gasteiger partial charge on any atom is 0.191 e. The van der Waals surface area contributed by atoms with Gasteiger partial charge in [0.25, 0.3) is 0 Å². The number of rotatable bonds is 3. The molecule has 0 spiro atoms. The number of nitrogen functional groups attached to an aromatic ring is 1. The van der Waals surface area contributed by atoms with Crippen LogP contribution in [0.3, 0.4) is 0 Å². The van der Waals surface area contributed by atoms with Gasteiger partial charge in [-0.15, -0.1) is 22.7 Å². The molecule has 0 fully saturated rings. The van der Waals surface area contributed by atoms with Gasteiger partial charge in [0.05, 0.1) is 5.39 Å². The van der Waals surface area contributed by atoms with Crippen LogP contribution in [0.15, 0.2) is 32.5 Å². The molecule has 3 rings (SSSR count). The van der Waals surface area contributed by atoms with Gasteiger partial charge in [0.2, 0.25) is 0 Å². The lowest BCUT2D eigenvalue weighted by Gasteiger charge is -2.01. The molecule has 0 amide bonds. The summed E-state index contributed by atoms with van der Waals surface area (Å²) in [6.45, 7) is 0. The van der Waals surface area contributed by atoms with Crippen LogP contribution in [-0.2, 0) is 5.75 Å². The number of halogens is 1. The highest BCUT2D eigenvalue weighted by atomic mass is 79.9. The summed E-state index contributed by atoms with van der Waals surface area (Å²) in [5.41, 5.74) is 5.92. The Bertz CT molecular complexity index is 692. The molecule has 0 radical (unpaired) electrons. The highest BCUT2D eigenvalue weighted by Crippen LogP contribution is 2.31. The molecule has 92 valence electrons. The van der Waals surface area contributed by atoms with Gasteiger partial charge in [0.15, 0.2) is 5.16 Å². The minimum absolute atomic E-state index is 0.564. The van der Waals surface area contributed by atoms with Crippen LogP contribution < -0.4 is 5.73 Å². The van der Waals surface area contributed by atoms with Crippen molar-refractivity contribution in [2.24, 2.45) is 0 Å². The summed E-state index contributed by atoms with van der Waals surface area (Å²) in [5.74, 6) is 1.42. The van der Waals surface area contributed by atoms with E-state index in [9.17, 15) is 0 Å². The van der Waals surface area contributed by atoms with Gasteiger partial charge in [-0.2, -0.15) is 0 Å². The van der Waals surface area contributed by atoms with Crippen molar-refractivity contribution in [3.05, 3.63) is 32.2 Å². The SMILES string of the molecule is Nc1nc(SCc2sccc2Br)nc2sccc12. The zero-order valence-corrected chi connectivity index (χ0v) is 13.1. The first-order chi connectivity index (χ1) is 8.74. The van der Waals surface area contributed by atoms with Crippen LogP contribution in [-0.4, -0.2) is 9.97 Å². The molecule has 3 heterocycles. The molecule has 0 saturated carbocycles. The first kappa shape index (κ1) is 12.4. The van der Waals surface area contributed by atoms with Gasteiger partial charge in [-0.05, 0) is 38.8 Å². The van der Waals surface area contributed by atoms with E-state index in [4.69, 9.17) is 5.73 Å². The smallest absolute Gasteiger partial charge is 0.191 e. The van der Waals surface area contributed by atoms with E-state index in [1.165, 1.54) is 4.88 Å². The summed E-state index contributed by atoms with van der Waals surface area (Å²) in [7, 11) is 0. The predicted octanol–water partition coefficient (Wildman–Crippen LogP) is 4.39. The third-order valence-electron chi connectivity index (χ3n) is 2.36. The normalized spacial score (nSPS) is 11.2. The van der Waals surface area contributed by atoms with Crippen molar-refractivity contribution >= 4 is 66.4 Å². The lowest BCUT2D eigenvalue weighted by Crippen LogP contribution is -1.95. The molecule has 0 aromatic carbocycles. The molecule has 3 aromatic heterocycles.